The summed E-state index contributed by atoms with van der Waals surface area (Å²) >= 11 is 0. The molecule has 0 atom stereocenters. The Bertz CT molecular complexity index is 294. The van der Waals surface area contributed by atoms with E-state index in [1.807, 2.05) is 18.7 Å². The van der Waals surface area contributed by atoms with Crippen LogP contribution < -0.4 is 11.1 Å². The van der Waals surface area contributed by atoms with Gasteiger partial charge in [0.2, 0.25) is 11.8 Å². The second-order valence-corrected chi connectivity index (χ2v) is 5.28. The lowest BCUT2D eigenvalue weighted by Gasteiger charge is -2.36. The first-order chi connectivity index (χ1) is 7.86. The maximum absolute atomic E-state index is 12.2. The van der Waals surface area contributed by atoms with Crippen molar-refractivity contribution >= 4 is 11.8 Å². The van der Waals surface area contributed by atoms with E-state index in [9.17, 15) is 9.59 Å². The highest BCUT2D eigenvalue weighted by molar-refractivity contribution is 5.85. The third kappa shape index (κ3) is 3.70. The van der Waals surface area contributed by atoms with Gasteiger partial charge in [-0.05, 0) is 39.7 Å². The molecule has 5 heteroatoms. The van der Waals surface area contributed by atoms with E-state index in [1.54, 1.807) is 7.05 Å². The minimum absolute atomic E-state index is 0.123. The molecular weight excluding hydrogens is 218 g/mol. The van der Waals surface area contributed by atoms with E-state index < -0.39 is 5.54 Å². The molecule has 98 valence electrons. The Morgan fingerprint density at radius 1 is 1.35 bits per heavy atom. The van der Waals surface area contributed by atoms with Gasteiger partial charge >= 0.3 is 0 Å². The van der Waals surface area contributed by atoms with E-state index in [0.717, 1.165) is 25.9 Å². The van der Waals surface area contributed by atoms with E-state index in [0.29, 0.717) is 12.3 Å². The van der Waals surface area contributed by atoms with Crippen molar-refractivity contribution in [1.29, 1.82) is 0 Å². The Morgan fingerprint density at radius 3 is 2.29 bits per heavy atom. The molecular formula is C12H23N3O2. The molecule has 0 aromatic rings. The minimum Gasteiger partial charge on any atom is -0.370 e. The summed E-state index contributed by atoms with van der Waals surface area (Å²) < 4.78 is 0. The smallest absolute Gasteiger partial charge is 0.242 e. The molecule has 1 heterocycles. The Kier molecular flexibility index (Phi) is 4.51. The van der Waals surface area contributed by atoms with Crippen LogP contribution in [0.3, 0.4) is 0 Å². The third-order valence-corrected chi connectivity index (χ3v) is 3.55. The van der Waals surface area contributed by atoms with E-state index in [4.69, 9.17) is 5.73 Å². The summed E-state index contributed by atoms with van der Waals surface area (Å²) in [6.45, 7) is 5.21. The van der Waals surface area contributed by atoms with Crippen LogP contribution in [0.1, 0.15) is 33.1 Å². The number of likely N-dealkylation sites (N-methyl/N-ethyl adjacent to an activating group) is 1. The van der Waals surface area contributed by atoms with Crippen molar-refractivity contribution in [2.75, 3.05) is 20.1 Å². The third-order valence-electron chi connectivity index (χ3n) is 3.55. The summed E-state index contributed by atoms with van der Waals surface area (Å²) in [7, 11) is 1.79. The van der Waals surface area contributed by atoms with E-state index in [-0.39, 0.29) is 11.8 Å². The van der Waals surface area contributed by atoms with Crippen molar-refractivity contribution in [3.63, 3.8) is 0 Å². The van der Waals surface area contributed by atoms with Gasteiger partial charge in [-0.1, -0.05) is 0 Å². The fourth-order valence-corrected chi connectivity index (χ4v) is 2.13. The quantitative estimate of drug-likeness (QED) is 0.733. The molecule has 3 N–H and O–H groups in total. The van der Waals surface area contributed by atoms with Crippen molar-refractivity contribution in [1.82, 2.24) is 10.2 Å². The number of hydrogen-bond donors (Lipinski definition) is 2. The van der Waals surface area contributed by atoms with Crippen molar-refractivity contribution in [3.05, 3.63) is 0 Å². The van der Waals surface area contributed by atoms with Crippen LogP contribution in [0.15, 0.2) is 0 Å². The van der Waals surface area contributed by atoms with Crippen molar-refractivity contribution in [2.45, 2.75) is 38.6 Å². The molecule has 2 amide bonds. The average Bonchev–Trinajstić information content (AvgIpc) is 2.28. The van der Waals surface area contributed by atoms with E-state index in [1.165, 1.54) is 0 Å². The van der Waals surface area contributed by atoms with Gasteiger partial charge in [0.15, 0.2) is 0 Å². The fraction of sp³-hybridized carbons (Fsp3) is 0.833. The lowest BCUT2D eigenvalue weighted by atomic mass is 9.92. The van der Waals surface area contributed by atoms with Crippen LogP contribution in [0.4, 0.5) is 0 Å². The molecule has 0 spiro atoms. The zero-order valence-corrected chi connectivity index (χ0v) is 11.0. The lowest BCUT2D eigenvalue weighted by Crippen LogP contribution is -2.54. The Labute approximate surface area is 103 Å². The van der Waals surface area contributed by atoms with Gasteiger partial charge in [-0.2, -0.15) is 0 Å². The van der Waals surface area contributed by atoms with Gasteiger partial charge in [0.25, 0.3) is 0 Å². The molecule has 0 unspecified atom stereocenters. The van der Waals surface area contributed by atoms with Gasteiger partial charge in [-0.3, -0.25) is 9.59 Å². The number of rotatable bonds is 4. The number of nitrogens with two attached hydrogens (primary N) is 1. The van der Waals surface area contributed by atoms with Crippen LogP contribution in [-0.4, -0.2) is 42.4 Å². The summed E-state index contributed by atoms with van der Waals surface area (Å²) in [6.07, 6.45) is 2.18. The largest absolute Gasteiger partial charge is 0.370 e. The molecule has 5 nitrogen and oxygen atoms in total. The molecule has 0 aromatic heterocycles. The number of piperidine rings is 1. The maximum atomic E-state index is 12.2. The number of carbonyl (C=O) groups excluding carboxylic acids is 2. The SMILES string of the molecule is CNC(C)(C)C(=O)N1CCC(CC(N)=O)CC1. The van der Waals surface area contributed by atoms with E-state index >= 15 is 0 Å². The van der Waals surface area contributed by atoms with Crippen molar-refractivity contribution in [3.8, 4) is 0 Å². The maximum Gasteiger partial charge on any atom is 0.242 e. The number of amides is 2. The summed E-state index contributed by atoms with van der Waals surface area (Å²) in [6, 6.07) is 0. The van der Waals surface area contributed by atoms with Gasteiger partial charge in [-0.25, -0.2) is 0 Å². The molecule has 0 saturated carbocycles. The number of likely N-dealkylation sites (tertiary alicyclic amines) is 1. The van der Waals surface area contributed by atoms with Gasteiger partial charge in [0.05, 0.1) is 5.54 Å². The molecule has 17 heavy (non-hydrogen) atoms. The summed E-state index contributed by atoms with van der Waals surface area (Å²) in [4.78, 5) is 24.8. The summed E-state index contributed by atoms with van der Waals surface area (Å²) in [5, 5.41) is 3.02. The predicted molar refractivity (Wildman–Crippen MR) is 66.3 cm³/mol. The van der Waals surface area contributed by atoms with Crippen LogP contribution in [-0.2, 0) is 9.59 Å². The lowest BCUT2D eigenvalue weighted by molar-refractivity contribution is -0.138. The predicted octanol–water partition coefficient (Wildman–Crippen LogP) is 0.0984. The van der Waals surface area contributed by atoms with Gasteiger partial charge < -0.3 is 16.0 Å². The number of carbonyl (C=O) groups is 2. The normalized spacial score (nSPS) is 18.2. The second kappa shape index (κ2) is 5.49. The Morgan fingerprint density at radius 2 is 1.88 bits per heavy atom. The molecule has 0 aliphatic carbocycles. The van der Waals surface area contributed by atoms with Crippen molar-refractivity contribution in [2.24, 2.45) is 11.7 Å². The first-order valence-electron chi connectivity index (χ1n) is 6.13. The molecule has 1 fully saturated rings. The second-order valence-electron chi connectivity index (χ2n) is 5.28. The minimum atomic E-state index is -0.517. The number of nitrogens with one attached hydrogen (secondary N) is 1. The van der Waals surface area contributed by atoms with Gasteiger partial charge in [-0.15, -0.1) is 0 Å². The summed E-state index contributed by atoms with van der Waals surface area (Å²) in [5.41, 5.74) is 4.66. The zero-order chi connectivity index (χ0) is 13.1. The fourth-order valence-electron chi connectivity index (χ4n) is 2.13. The van der Waals surface area contributed by atoms with Crippen LogP contribution in [0.25, 0.3) is 0 Å². The summed E-state index contributed by atoms with van der Waals surface area (Å²) in [5.74, 6) is 0.220. The molecule has 1 saturated heterocycles. The first-order valence-corrected chi connectivity index (χ1v) is 6.13. The standard InChI is InChI=1S/C12H23N3O2/c1-12(2,14-3)11(17)15-6-4-9(5-7-15)8-10(13)16/h9,14H,4-8H2,1-3H3,(H2,13,16). The average molecular weight is 241 g/mol. The highest BCUT2D eigenvalue weighted by Crippen LogP contribution is 2.22. The van der Waals surface area contributed by atoms with E-state index in [2.05, 4.69) is 5.32 Å². The topological polar surface area (TPSA) is 75.4 Å². The molecule has 0 bridgehead atoms. The highest BCUT2D eigenvalue weighted by atomic mass is 16.2. The number of primary amides is 1. The number of nitrogens with zero attached hydrogens (tertiary/aromatic N) is 1. The van der Waals surface area contributed by atoms with Crippen molar-refractivity contribution < 1.29 is 9.59 Å². The first kappa shape index (κ1) is 14.0. The van der Waals surface area contributed by atoms with Crippen LogP contribution in [0.5, 0.6) is 0 Å². The monoisotopic (exact) mass is 241 g/mol. The highest BCUT2D eigenvalue weighted by Gasteiger charge is 2.32. The zero-order valence-electron chi connectivity index (χ0n) is 11.0. The van der Waals surface area contributed by atoms with Crippen LogP contribution >= 0.6 is 0 Å². The molecule has 0 aromatic carbocycles. The van der Waals surface area contributed by atoms with Crippen LogP contribution in [0, 0.1) is 5.92 Å². The number of hydrogen-bond acceptors (Lipinski definition) is 3. The van der Waals surface area contributed by atoms with Gasteiger partial charge in [0, 0.05) is 19.5 Å². The Hall–Kier alpha value is -1.10. The van der Waals surface area contributed by atoms with Crippen LogP contribution in [0.2, 0.25) is 0 Å². The molecule has 0 radical (unpaired) electrons. The Balaban J connectivity index is 2.47. The molecule has 1 aliphatic heterocycles. The van der Waals surface area contributed by atoms with Gasteiger partial charge in [0.1, 0.15) is 0 Å². The molecule has 1 aliphatic rings. The molecule has 1 rings (SSSR count).